The zero-order valence-electron chi connectivity index (χ0n) is 28.3. The Labute approximate surface area is 294 Å². The molecule has 0 atom stereocenters. The van der Waals surface area contributed by atoms with Gasteiger partial charge in [0.2, 0.25) is 0 Å². The molecule has 0 aliphatic heterocycles. The van der Waals surface area contributed by atoms with Crippen LogP contribution >= 0.6 is 0 Å². The summed E-state index contributed by atoms with van der Waals surface area (Å²) in [5.74, 6) is 0. The lowest BCUT2D eigenvalue weighted by atomic mass is 9.82. The van der Waals surface area contributed by atoms with E-state index in [2.05, 4.69) is 207 Å². The molecule has 1 aliphatic carbocycles. The third kappa shape index (κ3) is 4.94. The summed E-state index contributed by atoms with van der Waals surface area (Å²) in [6.45, 7) is 4.70. The van der Waals surface area contributed by atoms with Gasteiger partial charge in [-0.05, 0) is 91.2 Å². The molecule has 1 aliphatic rings. The van der Waals surface area contributed by atoms with Crippen molar-refractivity contribution in [2.45, 2.75) is 19.3 Å². The Morgan fingerprint density at radius 2 is 0.900 bits per heavy atom. The predicted octanol–water partition coefficient (Wildman–Crippen LogP) is 13.6. The summed E-state index contributed by atoms with van der Waals surface area (Å²) < 4.78 is 0. The van der Waals surface area contributed by atoms with Crippen LogP contribution in [-0.4, -0.2) is 0 Å². The molecule has 0 saturated carbocycles. The normalized spacial score (nSPS) is 12.8. The molecule has 0 bridgehead atoms. The third-order valence-corrected chi connectivity index (χ3v) is 10.5. The van der Waals surface area contributed by atoms with E-state index in [0.717, 1.165) is 17.1 Å². The summed E-state index contributed by atoms with van der Waals surface area (Å²) in [6.07, 6.45) is 0. The first-order valence-corrected chi connectivity index (χ1v) is 17.4. The fourth-order valence-electron chi connectivity index (χ4n) is 8.03. The molecule has 0 spiro atoms. The molecule has 0 amide bonds. The third-order valence-electron chi connectivity index (χ3n) is 10.5. The van der Waals surface area contributed by atoms with E-state index < -0.39 is 0 Å². The van der Waals surface area contributed by atoms with Crippen molar-refractivity contribution < 1.29 is 0 Å². The lowest BCUT2D eigenvalue weighted by molar-refractivity contribution is 0.660. The number of fused-ring (bicyclic) bond motifs is 4. The number of rotatable bonds is 6. The minimum atomic E-state index is -0.0642. The van der Waals surface area contributed by atoms with E-state index >= 15 is 0 Å². The molecular weight excluding hydrogens is 603 g/mol. The predicted molar refractivity (Wildman–Crippen MR) is 213 cm³/mol. The van der Waals surface area contributed by atoms with Gasteiger partial charge in [-0.2, -0.15) is 0 Å². The molecule has 0 radical (unpaired) electrons. The minimum absolute atomic E-state index is 0.0642. The molecular formula is C49H37N. The SMILES string of the molecule is CC1(C)c2ccccc2-c2cc(N(c3ccc4ccccc4c3)c3cccc(-c4ccccc4)c3-c3ccccc3-c3ccccc3)ccc21. The van der Waals surface area contributed by atoms with E-state index in [4.69, 9.17) is 0 Å². The van der Waals surface area contributed by atoms with Crippen molar-refractivity contribution in [2.75, 3.05) is 4.90 Å². The van der Waals surface area contributed by atoms with E-state index in [1.807, 2.05) is 0 Å². The summed E-state index contributed by atoms with van der Waals surface area (Å²) in [7, 11) is 0. The highest BCUT2D eigenvalue weighted by Crippen LogP contribution is 2.52. The first-order chi connectivity index (χ1) is 24.6. The number of anilines is 3. The Balaban J connectivity index is 1.36. The van der Waals surface area contributed by atoms with Crippen LogP contribution in [0.5, 0.6) is 0 Å². The number of hydrogen-bond donors (Lipinski definition) is 0. The monoisotopic (exact) mass is 639 g/mol. The number of nitrogens with zero attached hydrogens (tertiary/aromatic N) is 1. The average Bonchev–Trinajstić information content (AvgIpc) is 3.41. The molecule has 1 nitrogen and oxygen atoms in total. The van der Waals surface area contributed by atoms with Gasteiger partial charge in [-0.25, -0.2) is 0 Å². The fourth-order valence-corrected chi connectivity index (χ4v) is 8.03. The van der Waals surface area contributed by atoms with Gasteiger partial charge >= 0.3 is 0 Å². The van der Waals surface area contributed by atoms with Crippen molar-refractivity contribution in [3.8, 4) is 44.5 Å². The quantitative estimate of drug-likeness (QED) is 0.175. The lowest BCUT2D eigenvalue weighted by Gasteiger charge is -2.31. The zero-order chi connectivity index (χ0) is 33.7. The van der Waals surface area contributed by atoms with E-state index in [0.29, 0.717) is 0 Å². The molecule has 0 heterocycles. The summed E-state index contributed by atoms with van der Waals surface area (Å²) in [5, 5.41) is 2.45. The molecule has 0 unspecified atom stereocenters. The van der Waals surface area contributed by atoms with Crippen LogP contribution in [0.25, 0.3) is 55.3 Å². The molecule has 0 fully saturated rings. The molecule has 0 N–H and O–H groups in total. The topological polar surface area (TPSA) is 3.24 Å². The standard InChI is InChI=1S/C49H37N/c1-49(2)45-26-14-13-23-42(45)44-33-39(30-31-46(44)49)50(38-29-28-34-16-9-10-21-37(34)32-38)47-27-15-25-41(36-19-7-4-8-20-36)48(47)43-24-12-11-22-40(43)35-17-5-3-6-18-35/h3-33H,1-2H3. The van der Waals surface area contributed by atoms with E-state index in [1.54, 1.807) is 0 Å². The van der Waals surface area contributed by atoms with Crippen molar-refractivity contribution in [3.63, 3.8) is 0 Å². The Hall–Kier alpha value is -6.18. The number of benzene rings is 8. The van der Waals surface area contributed by atoms with Gasteiger partial charge in [0.1, 0.15) is 0 Å². The van der Waals surface area contributed by atoms with Crippen molar-refractivity contribution in [2.24, 2.45) is 0 Å². The van der Waals surface area contributed by atoms with E-state index in [1.165, 1.54) is 66.4 Å². The Morgan fingerprint density at radius 3 is 1.66 bits per heavy atom. The molecule has 9 rings (SSSR count). The van der Waals surface area contributed by atoms with Crippen LogP contribution < -0.4 is 4.90 Å². The second kappa shape index (κ2) is 12.1. The summed E-state index contributed by atoms with van der Waals surface area (Å²) >= 11 is 0. The van der Waals surface area contributed by atoms with Crippen LogP contribution in [0.3, 0.4) is 0 Å². The smallest absolute Gasteiger partial charge is 0.0546 e. The van der Waals surface area contributed by atoms with Crippen molar-refractivity contribution in [1.82, 2.24) is 0 Å². The van der Waals surface area contributed by atoms with Crippen LogP contribution in [0, 0.1) is 0 Å². The van der Waals surface area contributed by atoms with Gasteiger partial charge in [0.25, 0.3) is 0 Å². The highest BCUT2D eigenvalue weighted by Gasteiger charge is 2.35. The molecule has 8 aromatic rings. The highest BCUT2D eigenvalue weighted by molar-refractivity contribution is 6.02. The molecule has 238 valence electrons. The van der Waals surface area contributed by atoms with Crippen LogP contribution in [0.15, 0.2) is 188 Å². The lowest BCUT2D eigenvalue weighted by Crippen LogP contribution is -2.15. The molecule has 50 heavy (non-hydrogen) atoms. The van der Waals surface area contributed by atoms with Gasteiger partial charge in [-0.3, -0.25) is 0 Å². The zero-order valence-corrected chi connectivity index (χ0v) is 28.3. The Morgan fingerprint density at radius 1 is 0.360 bits per heavy atom. The van der Waals surface area contributed by atoms with Crippen molar-refractivity contribution in [1.29, 1.82) is 0 Å². The van der Waals surface area contributed by atoms with Crippen LogP contribution in [0.1, 0.15) is 25.0 Å². The average molecular weight is 640 g/mol. The summed E-state index contributed by atoms with van der Waals surface area (Å²) in [6, 6.07) is 68.7. The second-order valence-corrected chi connectivity index (χ2v) is 13.7. The fraction of sp³-hybridized carbons (Fsp3) is 0.0612. The summed E-state index contributed by atoms with van der Waals surface area (Å²) in [4.78, 5) is 2.48. The van der Waals surface area contributed by atoms with Gasteiger partial charge in [0, 0.05) is 22.4 Å². The van der Waals surface area contributed by atoms with Gasteiger partial charge in [0.15, 0.2) is 0 Å². The van der Waals surface area contributed by atoms with Crippen LogP contribution in [0.4, 0.5) is 17.1 Å². The van der Waals surface area contributed by atoms with Crippen molar-refractivity contribution in [3.05, 3.63) is 199 Å². The van der Waals surface area contributed by atoms with Crippen LogP contribution in [-0.2, 0) is 5.41 Å². The molecule has 8 aromatic carbocycles. The maximum atomic E-state index is 2.48. The first-order valence-electron chi connectivity index (χ1n) is 17.4. The van der Waals surface area contributed by atoms with Gasteiger partial charge in [0.05, 0.1) is 5.69 Å². The van der Waals surface area contributed by atoms with Gasteiger partial charge in [-0.15, -0.1) is 0 Å². The highest BCUT2D eigenvalue weighted by atomic mass is 15.1. The Kier molecular flexibility index (Phi) is 7.21. The number of hydrogen-bond acceptors (Lipinski definition) is 1. The minimum Gasteiger partial charge on any atom is -0.310 e. The first kappa shape index (κ1) is 29.9. The molecule has 1 heteroatoms. The van der Waals surface area contributed by atoms with Gasteiger partial charge in [-0.1, -0.05) is 172 Å². The van der Waals surface area contributed by atoms with Gasteiger partial charge < -0.3 is 4.90 Å². The molecule has 0 saturated heterocycles. The van der Waals surface area contributed by atoms with E-state index in [-0.39, 0.29) is 5.41 Å². The summed E-state index contributed by atoms with van der Waals surface area (Å²) in [5.41, 5.74) is 15.9. The van der Waals surface area contributed by atoms with Crippen LogP contribution in [0.2, 0.25) is 0 Å². The maximum absolute atomic E-state index is 2.48. The maximum Gasteiger partial charge on any atom is 0.0546 e. The van der Waals surface area contributed by atoms with Crippen molar-refractivity contribution >= 4 is 27.8 Å². The molecule has 0 aromatic heterocycles. The Bertz CT molecular complexity index is 2510. The van der Waals surface area contributed by atoms with E-state index in [9.17, 15) is 0 Å². The largest absolute Gasteiger partial charge is 0.310 e. The second-order valence-electron chi connectivity index (χ2n) is 13.7.